The zero-order valence-electron chi connectivity index (χ0n) is 13.8. The van der Waals surface area contributed by atoms with Gasteiger partial charge in [-0.05, 0) is 36.5 Å². The van der Waals surface area contributed by atoms with E-state index < -0.39 is 0 Å². The van der Waals surface area contributed by atoms with Gasteiger partial charge in [0.1, 0.15) is 0 Å². The van der Waals surface area contributed by atoms with E-state index in [0.717, 1.165) is 18.4 Å². The Morgan fingerprint density at radius 3 is 2.30 bits per heavy atom. The molecule has 0 spiro atoms. The molecule has 2 heteroatoms. The molecular formula is C21H25NO. The monoisotopic (exact) mass is 307 g/mol. The van der Waals surface area contributed by atoms with Gasteiger partial charge >= 0.3 is 0 Å². The van der Waals surface area contributed by atoms with Gasteiger partial charge in [-0.2, -0.15) is 0 Å². The van der Waals surface area contributed by atoms with Crippen LogP contribution < -0.4 is 5.32 Å². The third-order valence-corrected chi connectivity index (χ3v) is 4.89. The minimum absolute atomic E-state index is 0.0631. The zero-order valence-corrected chi connectivity index (χ0v) is 13.8. The van der Waals surface area contributed by atoms with E-state index in [0.29, 0.717) is 0 Å². The predicted octanol–water partition coefficient (Wildman–Crippen LogP) is 4.78. The average Bonchev–Trinajstić information content (AvgIpc) is 2.62. The molecule has 120 valence electrons. The first-order chi connectivity index (χ1) is 11.3. The number of aryl methyl sites for hydroxylation is 1. The van der Waals surface area contributed by atoms with Gasteiger partial charge in [0.05, 0.1) is 6.04 Å². The van der Waals surface area contributed by atoms with Crippen molar-refractivity contribution in [2.75, 3.05) is 0 Å². The molecule has 3 rings (SSSR count). The lowest BCUT2D eigenvalue weighted by atomic mass is 9.87. The summed E-state index contributed by atoms with van der Waals surface area (Å²) in [6.07, 6.45) is 5.68. The normalized spacial score (nSPS) is 16.7. The van der Waals surface area contributed by atoms with Gasteiger partial charge < -0.3 is 5.32 Å². The summed E-state index contributed by atoms with van der Waals surface area (Å²) in [5, 5.41) is 3.32. The molecule has 0 bridgehead atoms. The van der Waals surface area contributed by atoms with Crippen molar-refractivity contribution >= 4 is 5.91 Å². The summed E-state index contributed by atoms with van der Waals surface area (Å²) in [5.74, 6) is 0.390. The number of rotatable bonds is 4. The summed E-state index contributed by atoms with van der Waals surface area (Å²) >= 11 is 0. The molecule has 0 aromatic heterocycles. The molecule has 2 aromatic carbocycles. The molecule has 1 saturated carbocycles. The van der Waals surface area contributed by atoms with E-state index in [1.165, 1.54) is 30.4 Å². The minimum Gasteiger partial charge on any atom is -0.345 e. The molecule has 2 nitrogen and oxygen atoms in total. The van der Waals surface area contributed by atoms with Crippen LogP contribution in [0.3, 0.4) is 0 Å². The fourth-order valence-electron chi connectivity index (χ4n) is 3.52. The molecule has 2 aromatic rings. The number of carbonyl (C=O) groups is 1. The van der Waals surface area contributed by atoms with Crippen LogP contribution in [0, 0.1) is 12.8 Å². The highest BCUT2D eigenvalue weighted by Crippen LogP contribution is 2.28. The Morgan fingerprint density at radius 2 is 1.61 bits per heavy atom. The van der Waals surface area contributed by atoms with Crippen LogP contribution in [0.5, 0.6) is 0 Å². The van der Waals surface area contributed by atoms with Gasteiger partial charge in [-0.15, -0.1) is 0 Å². The summed E-state index contributed by atoms with van der Waals surface area (Å²) < 4.78 is 0. The number of amides is 1. The lowest BCUT2D eigenvalue weighted by molar-refractivity contribution is -0.126. The molecule has 1 unspecified atom stereocenters. The summed E-state index contributed by atoms with van der Waals surface area (Å²) in [7, 11) is 0. The zero-order chi connectivity index (χ0) is 16.1. The lowest BCUT2D eigenvalue weighted by Gasteiger charge is -2.26. The van der Waals surface area contributed by atoms with Crippen LogP contribution in [-0.2, 0) is 4.79 Å². The van der Waals surface area contributed by atoms with E-state index in [-0.39, 0.29) is 17.9 Å². The Bertz CT molecular complexity index is 644. The predicted molar refractivity (Wildman–Crippen MR) is 94.2 cm³/mol. The molecule has 0 radical (unpaired) electrons. The van der Waals surface area contributed by atoms with Crippen molar-refractivity contribution in [3.05, 3.63) is 71.3 Å². The lowest BCUT2D eigenvalue weighted by Crippen LogP contribution is -2.35. The summed E-state index contributed by atoms with van der Waals surface area (Å²) in [4.78, 5) is 12.8. The Kier molecular flexibility index (Phi) is 5.12. The fourth-order valence-corrected chi connectivity index (χ4v) is 3.52. The quantitative estimate of drug-likeness (QED) is 0.865. The summed E-state index contributed by atoms with van der Waals surface area (Å²) in [5.41, 5.74) is 3.54. The van der Waals surface area contributed by atoms with Crippen molar-refractivity contribution in [3.63, 3.8) is 0 Å². The van der Waals surface area contributed by atoms with Crippen molar-refractivity contribution in [1.29, 1.82) is 0 Å². The van der Waals surface area contributed by atoms with Gasteiger partial charge in [0.15, 0.2) is 0 Å². The van der Waals surface area contributed by atoms with E-state index in [1.54, 1.807) is 0 Å². The van der Waals surface area contributed by atoms with Crippen LogP contribution in [0.4, 0.5) is 0 Å². The number of nitrogens with one attached hydrogen (secondary N) is 1. The maximum absolute atomic E-state index is 12.8. The van der Waals surface area contributed by atoms with Crippen LogP contribution in [-0.4, -0.2) is 5.91 Å². The summed E-state index contributed by atoms with van der Waals surface area (Å²) in [6.45, 7) is 2.11. The molecule has 1 fully saturated rings. The van der Waals surface area contributed by atoms with E-state index in [9.17, 15) is 4.79 Å². The molecule has 1 aliphatic rings. The number of benzene rings is 2. The Balaban J connectivity index is 1.87. The molecule has 23 heavy (non-hydrogen) atoms. The molecule has 1 amide bonds. The highest BCUT2D eigenvalue weighted by molar-refractivity contribution is 5.79. The van der Waals surface area contributed by atoms with Crippen molar-refractivity contribution in [1.82, 2.24) is 5.32 Å². The first-order valence-corrected chi connectivity index (χ1v) is 8.66. The van der Waals surface area contributed by atoms with Gasteiger partial charge in [-0.1, -0.05) is 73.9 Å². The average molecular weight is 307 g/mol. The van der Waals surface area contributed by atoms with E-state index in [2.05, 4.69) is 36.5 Å². The molecule has 1 aliphatic carbocycles. The number of hydrogen-bond acceptors (Lipinski definition) is 1. The van der Waals surface area contributed by atoms with E-state index in [4.69, 9.17) is 0 Å². The highest BCUT2D eigenvalue weighted by Gasteiger charge is 2.25. The standard InChI is InChI=1S/C21H25NO/c1-16-10-8-9-15-19(16)20(17-11-4-2-5-12-17)22-21(23)18-13-6-3-7-14-18/h2,4-5,8-12,15,18,20H,3,6-7,13-14H2,1H3,(H,22,23). The largest absolute Gasteiger partial charge is 0.345 e. The molecule has 1 N–H and O–H groups in total. The minimum atomic E-state index is -0.0631. The molecular weight excluding hydrogens is 282 g/mol. The molecule has 1 atom stereocenters. The smallest absolute Gasteiger partial charge is 0.223 e. The van der Waals surface area contributed by atoms with Gasteiger partial charge in [0.2, 0.25) is 5.91 Å². The maximum Gasteiger partial charge on any atom is 0.223 e. The SMILES string of the molecule is Cc1ccccc1C(NC(=O)C1CCCCC1)c1ccccc1. The first kappa shape index (κ1) is 15.8. The van der Waals surface area contributed by atoms with Crippen LogP contribution in [0.15, 0.2) is 54.6 Å². The second kappa shape index (κ2) is 7.45. The van der Waals surface area contributed by atoms with Crippen molar-refractivity contribution < 1.29 is 4.79 Å². The second-order valence-electron chi connectivity index (χ2n) is 6.54. The van der Waals surface area contributed by atoms with E-state index >= 15 is 0 Å². The van der Waals surface area contributed by atoms with Gasteiger partial charge in [0.25, 0.3) is 0 Å². The van der Waals surface area contributed by atoms with Gasteiger partial charge in [-0.3, -0.25) is 4.79 Å². The third kappa shape index (κ3) is 3.82. The van der Waals surface area contributed by atoms with Crippen LogP contribution in [0.1, 0.15) is 54.8 Å². The molecule has 0 saturated heterocycles. The highest BCUT2D eigenvalue weighted by atomic mass is 16.1. The molecule has 0 aliphatic heterocycles. The third-order valence-electron chi connectivity index (χ3n) is 4.89. The first-order valence-electron chi connectivity index (χ1n) is 8.66. The summed E-state index contributed by atoms with van der Waals surface area (Å²) in [6, 6.07) is 18.5. The topological polar surface area (TPSA) is 29.1 Å². The second-order valence-corrected chi connectivity index (χ2v) is 6.54. The number of carbonyl (C=O) groups excluding carboxylic acids is 1. The Morgan fingerprint density at radius 1 is 0.957 bits per heavy atom. The fraction of sp³-hybridized carbons (Fsp3) is 0.381. The van der Waals surface area contributed by atoms with Crippen LogP contribution in [0.25, 0.3) is 0 Å². The Labute approximate surface area is 138 Å². The van der Waals surface area contributed by atoms with Gasteiger partial charge in [0, 0.05) is 5.92 Å². The van der Waals surface area contributed by atoms with Crippen molar-refractivity contribution in [2.24, 2.45) is 5.92 Å². The van der Waals surface area contributed by atoms with Crippen molar-refractivity contribution in [3.8, 4) is 0 Å². The van der Waals surface area contributed by atoms with Crippen LogP contribution in [0.2, 0.25) is 0 Å². The van der Waals surface area contributed by atoms with Crippen molar-refractivity contribution in [2.45, 2.75) is 45.1 Å². The maximum atomic E-state index is 12.8. The Hall–Kier alpha value is -2.09. The molecule has 0 heterocycles. The van der Waals surface area contributed by atoms with Crippen LogP contribution >= 0.6 is 0 Å². The van der Waals surface area contributed by atoms with E-state index in [1.807, 2.05) is 30.3 Å². The number of hydrogen-bond donors (Lipinski definition) is 1. The van der Waals surface area contributed by atoms with Gasteiger partial charge in [-0.25, -0.2) is 0 Å².